The van der Waals surface area contributed by atoms with Crippen LogP contribution in [-0.2, 0) is 0 Å². The van der Waals surface area contributed by atoms with Crippen LogP contribution in [0.15, 0.2) is 53.6 Å². The monoisotopic (exact) mass is 284 g/mol. The molecule has 5 nitrogen and oxygen atoms in total. The van der Waals surface area contributed by atoms with Crippen LogP contribution in [0.2, 0.25) is 0 Å². The van der Waals surface area contributed by atoms with Crippen molar-refractivity contribution >= 4 is 17.9 Å². The van der Waals surface area contributed by atoms with Crippen LogP contribution in [0.4, 0.5) is 5.69 Å². The van der Waals surface area contributed by atoms with E-state index >= 15 is 0 Å². The number of carboxylic acids is 1. The number of hydrogen-bond donors (Lipinski definition) is 2. The van der Waals surface area contributed by atoms with Gasteiger partial charge in [0.15, 0.2) is 0 Å². The zero-order chi connectivity index (χ0) is 15.1. The van der Waals surface area contributed by atoms with E-state index in [1.54, 1.807) is 18.3 Å². The van der Waals surface area contributed by atoms with E-state index in [1.807, 2.05) is 31.2 Å². The van der Waals surface area contributed by atoms with E-state index < -0.39 is 5.97 Å². The van der Waals surface area contributed by atoms with Gasteiger partial charge in [0.2, 0.25) is 0 Å². The third-order valence-electron chi connectivity index (χ3n) is 2.75. The molecule has 0 saturated heterocycles. The lowest BCUT2D eigenvalue weighted by Crippen LogP contribution is -1.98. The van der Waals surface area contributed by atoms with Crippen molar-refractivity contribution in [3.05, 3.63) is 59.7 Å². The highest BCUT2D eigenvalue weighted by Gasteiger charge is 2.01. The Labute approximate surface area is 122 Å². The molecular formula is C16H16N2O3. The van der Waals surface area contributed by atoms with Gasteiger partial charge >= 0.3 is 5.97 Å². The summed E-state index contributed by atoms with van der Waals surface area (Å²) in [6.07, 6.45) is 1.66. The molecular weight excluding hydrogens is 268 g/mol. The number of anilines is 1. The van der Waals surface area contributed by atoms with Crippen LogP contribution >= 0.6 is 0 Å². The molecule has 2 aromatic rings. The summed E-state index contributed by atoms with van der Waals surface area (Å²) in [6.45, 7) is 2.52. The van der Waals surface area contributed by atoms with Crippen molar-refractivity contribution in [2.45, 2.75) is 6.92 Å². The summed E-state index contributed by atoms with van der Waals surface area (Å²) in [5.74, 6) is -0.178. The number of hydrazone groups is 1. The topological polar surface area (TPSA) is 70.9 Å². The van der Waals surface area contributed by atoms with Gasteiger partial charge in [-0.15, -0.1) is 0 Å². The maximum Gasteiger partial charge on any atom is 0.335 e. The number of nitrogens with one attached hydrogen (secondary N) is 1. The van der Waals surface area contributed by atoms with Gasteiger partial charge in [-0.2, -0.15) is 5.10 Å². The predicted molar refractivity (Wildman–Crippen MR) is 82.2 cm³/mol. The Kier molecular flexibility index (Phi) is 4.93. The summed E-state index contributed by atoms with van der Waals surface area (Å²) in [4.78, 5) is 10.7. The molecule has 0 fully saturated rings. The zero-order valence-electron chi connectivity index (χ0n) is 11.6. The molecule has 0 saturated carbocycles. The van der Waals surface area contributed by atoms with E-state index in [0.717, 1.165) is 11.3 Å². The minimum absolute atomic E-state index is 0.242. The smallest absolute Gasteiger partial charge is 0.335 e. The molecule has 0 radical (unpaired) electrons. The van der Waals surface area contributed by atoms with Gasteiger partial charge < -0.3 is 9.84 Å². The van der Waals surface area contributed by atoms with E-state index in [-0.39, 0.29) is 5.56 Å². The van der Waals surface area contributed by atoms with Crippen LogP contribution in [-0.4, -0.2) is 23.9 Å². The molecule has 2 N–H and O–H groups in total. The molecule has 5 heteroatoms. The average molecular weight is 284 g/mol. The van der Waals surface area contributed by atoms with Gasteiger partial charge in [-0.25, -0.2) is 4.79 Å². The Hall–Kier alpha value is -2.82. The first kappa shape index (κ1) is 14.6. The second-order valence-electron chi connectivity index (χ2n) is 4.22. The molecule has 108 valence electrons. The SMILES string of the molecule is CCOc1ccccc1/C=N/Nc1ccc(C(=O)O)cc1. The van der Waals surface area contributed by atoms with Crippen LogP contribution in [0.5, 0.6) is 5.75 Å². The second-order valence-corrected chi connectivity index (χ2v) is 4.22. The van der Waals surface area contributed by atoms with Gasteiger partial charge in [0, 0.05) is 5.56 Å². The maximum absolute atomic E-state index is 10.7. The predicted octanol–water partition coefficient (Wildman–Crippen LogP) is 3.23. The summed E-state index contributed by atoms with van der Waals surface area (Å²) in [7, 11) is 0. The Morgan fingerprint density at radius 2 is 1.95 bits per heavy atom. The molecule has 0 aliphatic rings. The van der Waals surface area contributed by atoms with Gasteiger partial charge in [0.1, 0.15) is 5.75 Å². The number of nitrogens with zero attached hydrogens (tertiary/aromatic N) is 1. The number of ether oxygens (including phenoxy) is 1. The zero-order valence-corrected chi connectivity index (χ0v) is 11.6. The van der Waals surface area contributed by atoms with Gasteiger partial charge in [-0.1, -0.05) is 12.1 Å². The fourth-order valence-corrected chi connectivity index (χ4v) is 1.74. The van der Waals surface area contributed by atoms with Crippen LogP contribution in [0.3, 0.4) is 0 Å². The van der Waals surface area contributed by atoms with Crippen molar-refractivity contribution in [3.63, 3.8) is 0 Å². The molecule has 2 rings (SSSR count). The van der Waals surface area contributed by atoms with Crippen molar-refractivity contribution in [1.82, 2.24) is 0 Å². The number of para-hydroxylation sites is 1. The molecule has 21 heavy (non-hydrogen) atoms. The third kappa shape index (κ3) is 4.07. The van der Waals surface area contributed by atoms with Crippen molar-refractivity contribution < 1.29 is 14.6 Å². The molecule has 0 unspecified atom stereocenters. The van der Waals surface area contributed by atoms with Gasteiger partial charge in [0.05, 0.1) is 24.1 Å². The van der Waals surface area contributed by atoms with Crippen molar-refractivity contribution in [3.8, 4) is 5.75 Å². The number of aromatic carboxylic acids is 1. The van der Waals surface area contributed by atoms with Crippen molar-refractivity contribution in [1.29, 1.82) is 0 Å². The molecule has 0 aliphatic carbocycles. The molecule has 0 spiro atoms. The largest absolute Gasteiger partial charge is 0.493 e. The van der Waals surface area contributed by atoms with Gasteiger partial charge in [0.25, 0.3) is 0 Å². The Bertz CT molecular complexity index is 636. The first-order valence-electron chi connectivity index (χ1n) is 6.55. The molecule has 0 aromatic heterocycles. The summed E-state index contributed by atoms with van der Waals surface area (Å²) in [5.41, 5.74) is 4.67. The summed E-state index contributed by atoms with van der Waals surface area (Å²) in [5, 5.41) is 12.9. The molecule has 0 amide bonds. The fraction of sp³-hybridized carbons (Fsp3) is 0.125. The standard InChI is InChI=1S/C16H16N2O3/c1-2-21-15-6-4-3-5-13(15)11-17-18-14-9-7-12(8-10-14)16(19)20/h3-11,18H,2H2,1H3,(H,19,20)/b17-11+. The van der Waals surface area contributed by atoms with Crippen LogP contribution < -0.4 is 10.2 Å². The van der Waals surface area contributed by atoms with E-state index in [0.29, 0.717) is 12.3 Å². The highest BCUT2D eigenvalue weighted by molar-refractivity contribution is 5.88. The number of carbonyl (C=O) groups is 1. The summed E-state index contributed by atoms with van der Waals surface area (Å²) >= 11 is 0. The Morgan fingerprint density at radius 3 is 2.62 bits per heavy atom. The Morgan fingerprint density at radius 1 is 1.24 bits per heavy atom. The number of hydrogen-bond acceptors (Lipinski definition) is 4. The lowest BCUT2D eigenvalue weighted by molar-refractivity contribution is 0.0697. The molecule has 0 atom stereocenters. The second kappa shape index (κ2) is 7.09. The van der Waals surface area contributed by atoms with Crippen LogP contribution in [0.1, 0.15) is 22.8 Å². The highest BCUT2D eigenvalue weighted by Crippen LogP contribution is 2.16. The van der Waals surface area contributed by atoms with E-state index in [2.05, 4.69) is 10.5 Å². The lowest BCUT2D eigenvalue weighted by Gasteiger charge is -2.06. The number of rotatable bonds is 6. The fourth-order valence-electron chi connectivity index (χ4n) is 1.74. The first-order valence-corrected chi connectivity index (χ1v) is 6.55. The third-order valence-corrected chi connectivity index (χ3v) is 2.75. The van der Waals surface area contributed by atoms with Crippen LogP contribution in [0.25, 0.3) is 0 Å². The van der Waals surface area contributed by atoms with Gasteiger partial charge in [-0.05, 0) is 43.3 Å². The first-order chi connectivity index (χ1) is 10.2. The lowest BCUT2D eigenvalue weighted by atomic mass is 10.2. The number of benzene rings is 2. The maximum atomic E-state index is 10.7. The van der Waals surface area contributed by atoms with Crippen molar-refractivity contribution in [2.75, 3.05) is 12.0 Å². The average Bonchev–Trinajstić information content (AvgIpc) is 2.50. The minimum atomic E-state index is -0.948. The number of carboxylic acid groups (broad SMARTS) is 1. The molecule has 0 bridgehead atoms. The van der Waals surface area contributed by atoms with Gasteiger partial charge in [-0.3, -0.25) is 5.43 Å². The minimum Gasteiger partial charge on any atom is -0.493 e. The summed E-state index contributed by atoms with van der Waals surface area (Å²) < 4.78 is 5.50. The highest BCUT2D eigenvalue weighted by atomic mass is 16.5. The van der Waals surface area contributed by atoms with Crippen molar-refractivity contribution in [2.24, 2.45) is 5.10 Å². The Balaban J connectivity index is 2.03. The quantitative estimate of drug-likeness (QED) is 0.631. The molecule has 2 aromatic carbocycles. The molecule has 0 aliphatic heterocycles. The van der Waals surface area contributed by atoms with E-state index in [9.17, 15) is 4.79 Å². The summed E-state index contributed by atoms with van der Waals surface area (Å²) in [6, 6.07) is 14.0. The van der Waals surface area contributed by atoms with E-state index in [4.69, 9.17) is 9.84 Å². The molecule has 0 heterocycles. The van der Waals surface area contributed by atoms with E-state index in [1.165, 1.54) is 12.1 Å². The van der Waals surface area contributed by atoms with Crippen LogP contribution in [0, 0.1) is 0 Å². The normalized spacial score (nSPS) is 10.5.